The van der Waals surface area contributed by atoms with Crippen molar-refractivity contribution >= 4 is 0 Å². The van der Waals surface area contributed by atoms with Crippen LogP contribution in [0, 0.1) is 0 Å². The van der Waals surface area contributed by atoms with E-state index in [1.165, 1.54) is 57.9 Å². The largest absolute Gasteiger partial charge is 0.375 e. The van der Waals surface area contributed by atoms with Gasteiger partial charge in [0.25, 0.3) is 0 Å². The highest BCUT2D eigenvalue weighted by Gasteiger charge is 2.41. The first kappa shape index (κ1) is 11.9. The fraction of sp³-hybridized carbons (Fsp3) is 1.00. The van der Waals surface area contributed by atoms with Crippen LogP contribution >= 0.6 is 0 Å². The first-order valence-corrected chi connectivity index (χ1v) is 7.41. The van der Waals surface area contributed by atoms with Crippen LogP contribution < -0.4 is 5.73 Å². The van der Waals surface area contributed by atoms with Gasteiger partial charge in [-0.05, 0) is 45.1 Å². The van der Waals surface area contributed by atoms with Gasteiger partial charge in [-0.25, -0.2) is 0 Å². The predicted molar refractivity (Wildman–Crippen MR) is 69.0 cm³/mol. The molecule has 2 heterocycles. The molecule has 17 heavy (non-hydrogen) atoms. The molecule has 0 aromatic rings. The summed E-state index contributed by atoms with van der Waals surface area (Å²) in [7, 11) is 0. The Morgan fingerprint density at radius 2 is 1.94 bits per heavy atom. The molecular weight excluding hydrogens is 212 g/mol. The van der Waals surface area contributed by atoms with Crippen molar-refractivity contribution in [2.75, 3.05) is 19.7 Å². The van der Waals surface area contributed by atoms with Crippen LogP contribution in [0.4, 0.5) is 0 Å². The summed E-state index contributed by atoms with van der Waals surface area (Å²) in [5, 5.41) is 0. The molecule has 0 amide bonds. The molecular formula is C14H26N2O. The van der Waals surface area contributed by atoms with E-state index in [9.17, 15) is 0 Å². The van der Waals surface area contributed by atoms with Crippen LogP contribution in [0.3, 0.4) is 0 Å². The van der Waals surface area contributed by atoms with Gasteiger partial charge in [-0.15, -0.1) is 0 Å². The summed E-state index contributed by atoms with van der Waals surface area (Å²) in [5.41, 5.74) is 6.36. The minimum Gasteiger partial charge on any atom is -0.375 e. The minimum absolute atomic E-state index is 0.254. The Morgan fingerprint density at radius 1 is 1.12 bits per heavy atom. The summed E-state index contributed by atoms with van der Waals surface area (Å²) in [4.78, 5) is 2.65. The molecule has 2 aliphatic heterocycles. The molecule has 1 saturated carbocycles. The SMILES string of the molecule is NC1CCCN(C2CCOC3(CCCC3)C2)C1. The second-order valence-electron chi connectivity index (χ2n) is 6.28. The summed E-state index contributed by atoms with van der Waals surface area (Å²) in [5.74, 6) is 0. The lowest BCUT2D eigenvalue weighted by molar-refractivity contribution is -0.104. The number of hydrogen-bond donors (Lipinski definition) is 1. The van der Waals surface area contributed by atoms with E-state index < -0.39 is 0 Å². The van der Waals surface area contributed by atoms with Crippen LogP contribution in [-0.2, 0) is 4.74 Å². The van der Waals surface area contributed by atoms with E-state index in [0.717, 1.165) is 19.2 Å². The Bertz CT molecular complexity index is 263. The molecule has 2 atom stereocenters. The normalized spacial score (nSPS) is 38.6. The van der Waals surface area contributed by atoms with Crippen molar-refractivity contribution in [2.24, 2.45) is 5.73 Å². The molecule has 98 valence electrons. The second kappa shape index (κ2) is 4.87. The van der Waals surface area contributed by atoms with E-state index in [4.69, 9.17) is 10.5 Å². The van der Waals surface area contributed by atoms with Crippen LogP contribution in [0.25, 0.3) is 0 Å². The quantitative estimate of drug-likeness (QED) is 0.758. The van der Waals surface area contributed by atoms with Gasteiger partial charge in [0.15, 0.2) is 0 Å². The maximum Gasteiger partial charge on any atom is 0.0697 e. The average Bonchev–Trinajstić information content (AvgIpc) is 2.77. The van der Waals surface area contributed by atoms with Crippen LogP contribution in [0.15, 0.2) is 0 Å². The topological polar surface area (TPSA) is 38.5 Å². The highest BCUT2D eigenvalue weighted by Crippen LogP contribution is 2.41. The Balaban J connectivity index is 1.62. The van der Waals surface area contributed by atoms with Gasteiger partial charge in [0, 0.05) is 25.2 Å². The lowest BCUT2D eigenvalue weighted by atomic mass is 9.87. The molecule has 3 aliphatic rings. The lowest BCUT2D eigenvalue weighted by Gasteiger charge is -2.45. The molecule has 0 radical (unpaired) electrons. The third-order valence-electron chi connectivity index (χ3n) is 4.99. The molecule has 0 aromatic carbocycles. The van der Waals surface area contributed by atoms with Crippen LogP contribution in [0.1, 0.15) is 51.4 Å². The number of rotatable bonds is 1. The van der Waals surface area contributed by atoms with Crippen molar-refractivity contribution in [3.63, 3.8) is 0 Å². The van der Waals surface area contributed by atoms with Gasteiger partial charge in [-0.2, -0.15) is 0 Å². The lowest BCUT2D eigenvalue weighted by Crippen LogP contribution is -2.52. The number of nitrogens with two attached hydrogens (primary N) is 1. The van der Waals surface area contributed by atoms with Crippen molar-refractivity contribution in [2.45, 2.75) is 69.1 Å². The fourth-order valence-electron chi connectivity index (χ4n) is 4.05. The molecule has 0 bridgehead atoms. The maximum atomic E-state index is 6.12. The van der Waals surface area contributed by atoms with Gasteiger partial charge in [0.2, 0.25) is 0 Å². The first-order valence-electron chi connectivity index (χ1n) is 7.41. The number of nitrogens with zero attached hydrogens (tertiary/aromatic N) is 1. The van der Waals surface area contributed by atoms with E-state index in [-0.39, 0.29) is 5.60 Å². The Labute approximate surface area is 105 Å². The Morgan fingerprint density at radius 3 is 2.71 bits per heavy atom. The third-order valence-corrected chi connectivity index (χ3v) is 4.99. The number of likely N-dealkylation sites (tertiary alicyclic amines) is 1. The molecule has 3 heteroatoms. The standard InChI is InChI=1S/C14H26N2O/c15-12-4-3-8-16(11-12)13-5-9-17-14(10-13)6-1-2-7-14/h12-13H,1-11,15H2. The molecule has 3 nitrogen and oxygen atoms in total. The van der Waals surface area contributed by atoms with Crippen molar-refractivity contribution in [1.29, 1.82) is 0 Å². The van der Waals surface area contributed by atoms with Crippen LogP contribution in [0.5, 0.6) is 0 Å². The molecule has 2 unspecified atom stereocenters. The summed E-state index contributed by atoms with van der Waals surface area (Å²) in [6.07, 6.45) is 10.3. The Hall–Kier alpha value is -0.120. The van der Waals surface area contributed by atoms with Gasteiger partial charge in [-0.1, -0.05) is 12.8 Å². The number of hydrogen-bond acceptors (Lipinski definition) is 3. The predicted octanol–water partition coefficient (Wildman–Crippen LogP) is 1.90. The smallest absolute Gasteiger partial charge is 0.0697 e. The van der Waals surface area contributed by atoms with E-state index >= 15 is 0 Å². The zero-order valence-corrected chi connectivity index (χ0v) is 10.9. The van der Waals surface area contributed by atoms with E-state index in [0.29, 0.717) is 6.04 Å². The van der Waals surface area contributed by atoms with Crippen molar-refractivity contribution in [3.05, 3.63) is 0 Å². The van der Waals surface area contributed by atoms with E-state index in [1.807, 2.05) is 0 Å². The molecule has 3 rings (SSSR count). The maximum absolute atomic E-state index is 6.12. The summed E-state index contributed by atoms with van der Waals surface area (Å²) < 4.78 is 6.12. The van der Waals surface area contributed by atoms with Crippen LogP contribution in [0.2, 0.25) is 0 Å². The summed E-state index contributed by atoms with van der Waals surface area (Å²) in [6.45, 7) is 3.34. The molecule has 3 fully saturated rings. The van der Waals surface area contributed by atoms with Gasteiger partial charge in [-0.3, -0.25) is 4.90 Å². The minimum atomic E-state index is 0.254. The van der Waals surface area contributed by atoms with Crippen LogP contribution in [-0.4, -0.2) is 42.3 Å². The van der Waals surface area contributed by atoms with Crippen molar-refractivity contribution in [3.8, 4) is 0 Å². The van der Waals surface area contributed by atoms with Crippen molar-refractivity contribution < 1.29 is 4.74 Å². The highest BCUT2D eigenvalue weighted by atomic mass is 16.5. The fourth-order valence-corrected chi connectivity index (χ4v) is 4.05. The average molecular weight is 238 g/mol. The number of ether oxygens (including phenoxy) is 1. The van der Waals surface area contributed by atoms with Gasteiger partial charge < -0.3 is 10.5 Å². The van der Waals surface area contributed by atoms with Gasteiger partial charge in [0.05, 0.1) is 5.60 Å². The monoisotopic (exact) mass is 238 g/mol. The van der Waals surface area contributed by atoms with Crippen molar-refractivity contribution in [1.82, 2.24) is 4.90 Å². The van der Waals surface area contributed by atoms with E-state index in [1.54, 1.807) is 0 Å². The molecule has 1 spiro atoms. The second-order valence-corrected chi connectivity index (χ2v) is 6.28. The van der Waals surface area contributed by atoms with Gasteiger partial charge in [0.1, 0.15) is 0 Å². The zero-order valence-electron chi connectivity index (χ0n) is 10.9. The first-order chi connectivity index (χ1) is 8.27. The molecule has 0 aromatic heterocycles. The summed E-state index contributed by atoms with van der Waals surface area (Å²) >= 11 is 0. The summed E-state index contributed by atoms with van der Waals surface area (Å²) in [6, 6.07) is 1.15. The third kappa shape index (κ3) is 2.51. The number of piperidine rings is 1. The highest BCUT2D eigenvalue weighted by molar-refractivity contribution is 4.95. The molecule has 2 saturated heterocycles. The van der Waals surface area contributed by atoms with Gasteiger partial charge >= 0.3 is 0 Å². The zero-order chi connectivity index (χ0) is 11.7. The molecule has 1 aliphatic carbocycles. The Kier molecular flexibility index (Phi) is 3.42. The van der Waals surface area contributed by atoms with E-state index in [2.05, 4.69) is 4.90 Å². The molecule has 2 N–H and O–H groups in total.